The molecule has 0 amide bonds. The van der Waals surface area contributed by atoms with E-state index in [1.165, 1.54) is 0 Å². The molecule has 0 atom stereocenters. The van der Waals surface area contributed by atoms with Crippen LogP contribution in [0.5, 0.6) is 11.5 Å². The van der Waals surface area contributed by atoms with Gasteiger partial charge in [0.15, 0.2) is 11.5 Å². The van der Waals surface area contributed by atoms with Crippen LogP contribution in [-0.2, 0) is 6.54 Å². The van der Waals surface area contributed by atoms with Gasteiger partial charge in [-0.3, -0.25) is 0 Å². The summed E-state index contributed by atoms with van der Waals surface area (Å²) in [5.74, 6) is 2.30. The molecule has 6 heteroatoms. The number of nitrogens with one attached hydrogen (secondary N) is 1. The molecule has 4 rings (SSSR count). The molecule has 0 saturated heterocycles. The van der Waals surface area contributed by atoms with Gasteiger partial charge in [0.1, 0.15) is 17.8 Å². The Bertz CT molecular complexity index is 756. The summed E-state index contributed by atoms with van der Waals surface area (Å²) in [4.78, 5) is 4.37. The maximum atomic E-state index is 5.41. The largest absolute Gasteiger partial charge is 0.454 e. The molecule has 0 fully saturated rings. The number of rotatable bonds is 3. The number of benzene rings is 1. The van der Waals surface area contributed by atoms with Crippen molar-refractivity contribution in [1.82, 2.24) is 10.1 Å². The number of pyridine rings is 1. The second-order valence-corrected chi connectivity index (χ2v) is 4.43. The molecule has 1 aliphatic rings. The smallest absolute Gasteiger partial charge is 0.231 e. The zero-order valence-corrected chi connectivity index (χ0v) is 10.5. The van der Waals surface area contributed by atoms with Crippen molar-refractivity contribution in [3.63, 3.8) is 0 Å². The van der Waals surface area contributed by atoms with Crippen LogP contribution >= 0.6 is 0 Å². The molecule has 1 aliphatic heterocycles. The quantitative estimate of drug-likeness (QED) is 0.788. The van der Waals surface area contributed by atoms with Gasteiger partial charge >= 0.3 is 0 Å². The average molecular weight is 269 g/mol. The van der Waals surface area contributed by atoms with Gasteiger partial charge in [-0.1, -0.05) is 5.16 Å². The summed E-state index contributed by atoms with van der Waals surface area (Å²) >= 11 is 0. The van der Waals surface area contributed by atoms with Crippen LogP contribution < -0.4 is 14.8 Å². The van der Waals surface area contributed by atoms with Crippen molar-refractivity contribution in [2.45, 2.75) is 6.54 Å². The van der Waals surface area contributed by atoms with E-state index in [0.717, 1.165) is 33.8 Å². The lowest BCUT2D eigenvalue weighted by atomic mass is 10.1. The topological polar surface area (TPSA) is 69.4 Å². The standard InChI is InChI=1S/C14H11N3O3/c1-3-15-14(16-7-10-2-4-20-17-10)11-6-13-12(5-9(1)11)18-8-19-13/h1-6H,7-8H2,(H,15,16). The maximum absolute atomic E-state index is 5.41. The van der Waals surface area contributed by atoms with Gasteiger partial charge < -0.3 is 19.3 Å². The van der Waals surface area contributed by atoms with Crippen molar-refractivity contribution in [2.24, 2.45) is 0 Å². The summed E-state index contributed by atoms with van der Waals surface area (Å²) in [6.07, 6.45) is 3.31. The Morgan fingerprint density at radius 1 is 1.15 bits per heavy atom. The number of hydrogen-bond acceptors (Lipinski definition) is 6. The predicted molar refractivity (Wildman–Crippen MR) is 71.7 cm³/mol. The van der Waals surface area contributed by atoms with Crippen molar-refractivity contribution in [3.05, 3.63) is 42.4 Å². The van der Waals surface area contributed by atoms with Crippen molar-refractivity contribution < 1.29 is 14.0 Å². The van der Waals surface area contributed by atoms with E-state index in [1.807, 2.05) is 24.3 Å². The van der Waals surface area contributed by atoms with Crippen molar-refractivity contribution in [2.75, 3.05) is 12.1 Å². The Morgan fingerprint density at radius 3 is 2.90 bits per heavy atom. The zero-order valence-electron chi connectivity index (χ0n) is 10.5. The number of anilines is 1. The first kappa shape index (κ1) is 11.1. The third-order valence-electron chi connectivity index (χ3n) is 3.19. The Labute approximate surface area is 114 Å². The van der Waals surface area contributed by atoms with Crippen LogP contribution in [0, 0.1) is 0 Å². The summed E-state index contributed by atoms with van der Waals surface area (Å²) in [6.45, 7) is 0.817. The summed E-state index contributed by atoms with van der Waals surface area (Å²) in [6, 6.07) is 7.65. The third-order valence-corrected chi connectivity index (χ3v) is 3.19. The Balaban J connectivity index is 1.71. The zero-order chi connectivity index (χ0) is 13.4. The number of fused-ring (bicyclic) bond motifs is 2. The Morgan fingerprint density at radius 2 is 2.05 bits per heavy atom. The molecule has 1 aromatic carbocycles. The molecule has 0 bridgehead atoms. The summed E-state index contributed by atoms with van der Waals surface area (Å²) in [7, 11) is 0. The molecule has 20 heavy (non-hydrogen) atoms. The molecule has 0 saturated carbocycles. The molecule has 6 nitrogen and oxygen atoms in total. The van der Waals surface area contributed by atoms with Gasteiger partial charge in [0.05, 0.1) is 6.54 Å². The maximum Gasteiger partial charge on any atom is 0.231 e. The van der Waals surface area contributed by atoms with Crippen molar-refractivity contribution in [3.8, 4) is 11.5 Å². The first-order valence-corrected chi connectivity index (χ1v) is 6.22. The van der Waals surface area contributed by atoms with Crippen LogP contribution in [0.4, 0.5) is 5.82 Å². The second-order valence-electron chi connectivity index (χ2n) is 4.43. The van der Waals surface area contributed by atoms with Gasteiger partial charge in [-0.15, -0.1) is 0 Å². The first-order valence-electron chi connectivity index (χ1n) is 6.22. The Kier molecular flexibility index (Phi) is 2.45. The fourth-order valence-electron chi connectivity index (χ4n) is 2.21. The van der Waals surface area contributed by atoms with Gasteiger partial charge in [-0.2, -0.15) is 0 Å². The van der Waals surface area contributed by atoms with E-state index < -0.39 is 0 Å². The predicted octanol–water partition coefficient (Wildman–Crippen LogP) is 2.56. The van der Waals surface area contributed by atoms with E-state index in [0.29, 0.717) is 6.54 Å². The summed E-state index contributed by atoms with van der Waals surface area (Å²) in [5, 5.41) is 9.14. The van der Waals surface area contributed by atoms with Crippen LogP contribution in [0.1, 0.15) is 5.69 Å². The van der Waals surface area contributed by atoms with E-state index in [2.05, 4.69) is 15.5 Å². The number of aromatic nitrogens is 2. The van der Waals surface area contributed by atoms with Gasteiger partial charge in [0.2, 0.25) is 6.79 Å². The normalized spacial score (nSPS) is 12.8. The highest BCUT2D eigenvalue weighted by molar-refractivity contribution is 5.94. The fraction of sp³-hybridized carbons (Fsp3) is 0.143. The highest BCUT2D eigenvalue weighted by Gasteiger charge is 2.15. The van der Waals surface area contributed by atoms with Gasteiger partial charge in [0, 0.05) is 17.6 Å². The highest BCUT2D eigenvalue weighted by Crippen LogP contribution is 2.37. The molecule has 0 aliphatic carbocycles. The van der Waals surface area contributed by atoms with Crippen LogP contribution in [0.25, 0.3) is 10.8 Å². The van der Waals surface area contributed by atoms with Crippen LogP contribution in [0.15, 0.2) is 41.2 Å². The SMILES string of the molecule is c1cc2cc3c(cc2c(NCc2ccon2)n1)OCO3. The van der Waals surface area contributed by atoms with E-state index in [9.17, 15) is 0 Å². The lowest BCUT2D eigenvalue weighted by Crippen LogP contribution is -2.02. The van der Waals surface area contributed by atoms with E-state index >= 15 is 0 Å². The van der Waals surface area contributed by atoms with Crippen LogP contribution in [0.2, 0.25) is 0 Å². The molecule has 3 aromatic rings. The number of ether oxygens (including phenoxy) is 2. The molecule has 0 radical (unpaired) electrons. The minimum atomic E-state index is 0.265. The first-order chi connectivity index (χ1) is 9.90. The van der Waals surface area contributed by atoms with E-state index in [4.69, 9.17) is 14.0 Å². The summed E-state index contributed by atoms with van der Waals surface area (Å²) < 4.78 is 15.6. The molecule has 0 spiro atoms. The van der Waals surface area contributed by atoms with Crippen molar-refractivity contribution in [1.29, 1.82) is 0 Å². The lowest BCUT2D eigenvalue weighted by Gasteiger charge is -2.08. The minimum absolute atomic E-state index is 0.265. The highest BCUT2D eigenvalue weighted by atomic mass is 16.7. The Hall–Kier alpha value is -2.76. The van der Waals surface area contributed by atoms with E-state index in [-0.39, 0.29) is 6.79 Å². The van der Waals surface area contributed by atoms with Gasteiger partial charge in [-0.05, 0) is 23.6 Å². The third kappa shape index (κ3) is 1.82. The fourth-order valence-corrected chi connectivity index (χ4v) is 2.21. The van der Waals surface area contributed by atoms with Crippen molar-refractivity contribution >= 4 is 16.6 Å². The van der Waals surface area contributed by atoms with E-state index in [1.54, 1.807) is 12.5 Å². The second kappa shape index (κ2) is 4.41. The monoisotopic (exact) mass is 269 g/mol. The van der Waals surface area contributed by atoms with Crippen LogP contribution in [-0.4, -0.2) is 16.9 Å². The number of hydrogen-bond donors (Lipinski definition) is 1. The molecular weight excluding hydrogens is 258 g/mol. The number of nitrogens with zero attached hydrogens (tertiary/aromatic N) is 2. The molecule has 0 unspecified atom stereocenters. The molecule has 100 valence electrons. The van der Waals surface area contributed by atoms with Crippen LogP contribution in [0.3, 0.4) is 0 Å². The molecule has 1 N–H and O–H groups in total. The summed E-state index contributed by atoms with van der Waals surface area (Å²) in [5.41, 5.74) is 0.824. The van der Waals surface area contributed by atoms with Gasteiger partial charge in [-0.25, -0.2) is 4.98 Å². The molecule has 3 heterocycles. The molecule has 2 aromatic heterocycles. The molecular formula is C14H11N3O3. The minimum Gasteiger partial charge on any atom is -0.454 e. The van der Waals surface area contributed by atoms with Gasteiger partial charge in [0.25, 0.3) is 0 Å². The lowest BCUT2D eigenvalue weighted by molar-refractivity contribution is 0.174. The average Bonchev–Trinajstić information content (AvgIpc) is 3.13.